The van der Waals surface area contributed by atoms with Crippen molar-refractivity contribution in [3.8, 4) is 17.5 Å². The zero-order valence-electron chi connectivity index (χ0n) is 8.08. The number of rotatable bonds is 2. The number of ether oxygens (including phenoxy) is 1. The molecule has 0 amide bonds. The minimum absolute atomic E-state index is 0.552. The van der Waals surface area contributed by atoms with Gasteiger partial charge in [-0.05, 0) is 12.1 Å². The van der Waals surface area contributed by atoms with Crippen molar-refractivity contribution >= 4 is 0 Å². The molecule has 5 nitrogen and oxygen atoms in total. The molecule has 0 aliphatic rings. The molecular weight excluding hydrogens is 192 g/mol. The standard InChI is InChI=1S/C10H8N4O/c1-15-10-6-8(7-11)2-3-9(10)14-5-4-12-13-14/h2-6H,1H3. The molecule has 0 aliphatic carbocycles. The van der Waals surface area contributed by atoms with E-state index in [1.165, 1.54) is 0 Å². The van der Waals surface area contributed by atoms with E-state index >= 15 is 0 Å². The number of hydrogen-bond acceptors (Lipinski definition) is 4. The van der Waals surface area contributed by atoms with Crippen molar-refractivity contribution in [1.29, 1.82) is 5.26 Å². The molecule has 1 aromatic heterocycles. The lowest BCUT2D eigenvalue weighted by atomic mass is 10.2. The smallest absolute Gasteiger partial charge is 0.145 e. The van der Waals surface area contributed by atoms with Gasteiger partial charge in [0.15, 0.2) is 0 Å². The minimum Gasteiger partial charge on any atom is -0.494 e. The van der Waals surface area contributed by atoms with Crippen LogP contribution in [0.4, 0.5) is 0 Å². The molecule has 0 saturated heterocycles. The van der Waals surface area contributed by atoms with Crippen LogP contribution in [0.5, 0.6) is 5.75 Å². The SMILES string of the molecule is COc1cc(C#N)ccc1-n1ccnn1. The fourth-order valence-electron chi connectivity index (χ4n) is 1.27. The summed E-state index contributed by atoms with van der Waals surface area (Å²) in [6, 6.07) is 7.19. The average Bonchev–Trinajstić information content (AvgIpc) is 2.81. The van der Waals surface area contributed by atoms with Crippen LogP contribution in [0.1, 0.15) is 5.56 Å². The Morgan fingerprint density at radius 3 is 2.93 bits per heavy atom. The predicted octanol–water partition coefficient (Wildman–Crippen LogP) is 1.15. The van der Waals surface area contributed by atoms with Crippen molar-refractivity contribution in [2.75, 3.05) is 7.11 Å². The molecule has 0 bridgehead atoms. The third-order valence-corrected chi connectivity index (χ3v) is 1.98. The molecule has 0 N–H and O–H groups in total. The average molecular weight is 200 g/mol. The van der Waals surface area contributed by atoms with Crippen molar-refractivity contribution < 1.29 is 4.74 Å². The van der Waals surface area contributed by atoms with Crippen molar-refractivity contribution in [2.24, 2.45) is 0 Å². The van der Waals surface area contributed by atoms with Gasteiger partial charge in [0, 0.05) is 6.07 Å². The quantitative estimate of drug-likeness (QED) is 0.729. The maximum atomic E-state index is 8.74. The molecule has 15 heavy (non-hydrogen) atoms. The fraction of sp³-hybridized carbons (Fsp3) is 0.100. The molecule has 0 spiro atoms. The van der Waals surface area contributed by atoms with Gasteiger partial charge in [0.2, 0.25) is 0 Å². The number of methoxy groups -OCH3 is 1. The third kappa shape index (κ3) is 1.65. The van der Waals surface area contributed by atoms with Gasteiger partial charge in [-0.15, -0.1) is 5.10 Å². The van der Waals surface area contributed by atoms with Crippen molar-refractivity contribution in [2.45, 2.75) is 0 Å². The Balaban J connectivity index is 2.54. The summed E-state index contributed by atoms with van der Waals surface area (Å²) < 4.78 is 6.76. The first kappa shape index (κ1) is 9.21. The van der Waals surface area contributed by atoms with Crippen LogP contribution in [-0.4, -0.2) is 22.1 Å². The number of aromatic nitrogens is 3. The van der Waals surface area contributed by atoms with Crippen LogP contribution in [-0.2, 0) is 0 Å². The van der Waals surface area contributed by atoms with Gasteiger partial charge in [-0.2, -0.15) is 5.26 Å². The summed E-state index contributed by atoms with van der Waals surface area (Å²) >= 11 is 0. The molecular formula is C10H8N4O. The Morgan fingerprint density at radius 1 is 1.47 bits per heavy atom. The molecule has 0 aliphatic heterocycles. The van der Waals surface area contributed by atoms with E-state index in [4.69, 9.17) is 10.00 Å². The molecule has 0 atom stereocenters. The second-order valence-electron chi connectivity index (χ2n) is 2.85. The van der Waals surface area contributed by atoms with Gasteiger partial charge in [-0.3, -0.25) is 0 Å². The van der Waals surface area contributed by atoms with E-state index in [0.717, 1.165) is 5.69 Å². The monoisotopic (exact) mass is 200 g/mol. The van der Waals surface area contributed by atoms with Gasteiger partial charge in [-0.25, -0.2) is 4.68 Å². The highest BCUT2D eigenvalue weighted by atomic mass is 16.5. The lowest BCUT2D eigenvalue weighted by molar-refractivity contribution is 0.411. The maximum absolute atomic E-state index is 8.74. The number of hydrogen-bond donors (Lipinski definition) is 0. The van der Waals surface area contributed by atoms with Gasteiger partial charge in [0.1, 0.15) is 11.4 Å². The topological polar surface area (TPSA) is 63.7 Å². The first-order chi connectivity index (χ1) is 7.35. The second kappa shape index (κ2) is 3.80. The lowest BCUT2D eigenvalue weighted by Gasteiger charge is -2.07. The highest BCUT2D eigenvalue weighted by Crippen LogP contribution is 2.22. The molecule has 0 saturated carbocycles. The van der Waals surface area contributed by atoms with Gasteiger partial charge in [-0.1, -0.05) is 5.21 Å². The third-order valence-electron chi connectivity index (χ3n) is 1.98. The highest BCUT2D eigenvalue weighted by molar-refractivity contribution is 5.50. The zero-order chi connectivity index (χ0) is 10.7. The van der Waals surface area contributed by atoms with Crippen LogP contribution in [0.25, 0.3) is 5.69 Å². The Kier molecular flexibility index (Phi) is 2.33. The van der Waals surface area contributed by atoms with Gasteiger partial charge in [0.05, 0.1) is 31.1 Å². The van der Waals surface area contributed by atoms with Crippen LogP contribution < -0.4 is 4.74 Å². The molecule has 0 unspecified atom stereocenters. The van der Waals surface area contributed by atoms with E-state index < -0.39 is 0 Å². The Labute approximate surface area is 86.5 Å². The Hall–Kier alpha value is -2.35. The van der Waals surface area contributed by atoms with Crippen LogP contribution in [0, 0.1) is 11.3 Å². The molecule has 74 valence electrons. The van der Waals surface area contributed by atoms with Crippen LogP contribution in [0.2, 0.25) is 0 Å². The molecule has 2 aromatic rings. The number of nitriles is 1. The highest BCUT2D eigenvalue weighted by Gasteiger charge is 2.06. The molecule has 2 rings (SSSR count). The number of benzene rings is 1. The summed E-state index contributed by atoms with van der Waals surface area (Å²) in [5.41, 5.74) is 1.31. The second-order valence-corrected chi connectivity index (χ2v) is 2.85. The Morgan fingerprint density at radius 2 is 2.33 bits per heavy atom. The van der Waals surface area contributed by atoms with Gasteiger partial charge in [0.25, 0.3) is 0 Å². The Bertz CT molecular complexity index is 499. The van der Waals surface area contributed by atoms with Gasteiger partial charge < -0.3 is 4.74 Å². The summed E-state index contributed by atoms with van der Waals surface area (Å²) in [6.07, 6.45) is 3.29. The summed E-state index contributed by atoms with van der Waals surface area (Å²) in [6.45, 7) is 0. The van der Waals surface area contributed by atoms with Crippen LogP contribution in [0.15, 0.2) is 30.6 Å². The van der Waals surface area contributed by atoms with Gasteiger partial charge >= 0.3 is 0 Å². The van der Waals surface area contributed by atoms with E-state index in [2.05, 4.69) is 10.3 Å². The first-order valence-electron chi connectivity index (χ1n) is 4.30. The summed E-state index contributed by atoms with van der Waals surface area (Å²) in [7, 11) is 1.55. The molecule has 1 aromatic carbocycles. The normalized spacial score (nSPS) is 9.60. The predicted molar refractivity (Wildman–Crippen MR) is 52.6 cm³/mol. The first-order valence-corrected chi connectivity index (χ1v) is 4.30. The summed E-state index contributed by atoms with van der Waals surface area (Å²) in [5, 5.41) is 16.3. The molecule has 5 heteroatoms. The van der Waals surface area contributed by atoms with E-state index in [1.54, 1.807) is 42.4 Å². The summed E-state index contributed by atoms with van der Waals surface area (Å²) in [4.78, 5) is 0. The lowest BCUT2D eigenvalue weighted by Crippen LogP contribution is -1.99. The summed E-state index contributed by atoms with van der Waals surface area (Å²) in [5.74, 6) is 0.597. The van der Waals surface area contributed by atoms with E-state index in [9.17, 15) is 0 Å². The molecule has 0 fully saturated rings. The van der Waals surface area contributed by atoms with E-state index in [0.29, 0.717) is 11.3 Å². The van der Waals surface area contributed by atoms with Crippen LogP contribution in [0.3, 0.4) is 0 Å². The number of nitrogens with zero attached hydrogens (tertiary/aromatic N) is 4. The molecule has 0 radical (unpaired) electrons. The van der Waals surface area contributed by atoms with Crippen LogP contribution >= 0.6 is 0 Å². The largest absolute Gasteiger partial charge is 0.494 e. The zero-order valence-corrected chi connectivity index (χ0v) is 8.08. The van der Waals surface area contributed by atoms with E-state index in [-0.39, 0.29) is 0 Å². The fourth-order valence-corrected chi connectivity index (χ4v) is 1.27. The maximum Gasteiger partial charge on any atom is 0.145 e. The minimum atomic E-state index is 0.552. The van der Waals surface area contributed by atoms with E-state index in [1.807, 2.05) is 6.07 Å². The van der Waals surface area contributed by atoms with Crippen molar-refractivity contribution in [3.05, 3.63) is 36.2 Å². The van der Waals surface area contributed by atoms with Crippen molar-refractivity contribution in [1.82, 2.24) is 15.0 Å². The van der Waals surface area contributed by atoms with Crippen molar-refractivity contribution in [3.63, 3.8) is 0 Å². The molecule has 1 heterocycles.